The summed E-state index contributed by atoms with van der Waals surface area (Å²) in [5.41, 5.74) is 0.777. The van der Waals surface area contributed by atoms with Crippen LogP contribution >= 0.6 is 0 Å². The summed E-state index contributed by atoms with van der Waals surface area (Å²) >= 11 is 0. The molecule has 3 saturated heterocycles. The van der Waals surface area contributed by atoms with E-state index in [0.717, 1.165) is 6.42 Å². The van der Waals surface area contributed by atoms with Crippen LogP contribution in [-0.2, 0) is 14.3 Å². The van der Waals surface area contributed by atoms with Gasteiger partial charge in [0.2, 0.25) is 5.91 Å². The minimum atomic E-state index is -0.571. The molecule has 2 N–H and O–H groups in total. The zero-order chi connectivity index (χ0) is 20.5. The number of anilines is 2. The number of carbonyl (C=O) groups is 3. The van der Waals surface area contributed by atoms with Gasteiger partial charge in [-0.15, -0.1) is 0 Å². The third kappa shape index (κ3) is 3.92. The molecule has 0 bridgehead atoms. The van der Waals surface area contributed by atoms with Crippen molar-refractivity contribution in [3.8, 4) is 0 Å². The van der Waals surface area contributed by atoms with E-state index in [4.69, 9.17) is 9.47 Å². The van der Waals surface area contributed by atoms with E-state index in [0.29, 0.717) is 30.9 Å². The van der Waals surface area contributed by atoms with Gasteiger partial charge >= 0.3 is 12.2 Å². The predicted molar refractivity (Wildman–Crippen MR) is 101 cm³/mol. The van der Waals surface area contributed by atoms with Gasteiger partial charge in [-0.2, -0.15) is 0 Å². The molecular formula is C19H23FN4O5. The number of cyclic esters (lactones) is 1. The van der Waals surface area contributed by atoms with Crippen molar-refractivity contribution in [2.75, 3.05) is 36.0 Å². The van der Waals surface area contributed by atoms with Crippen molar-refractivity contribution in [2.45, 2.75) is 38.0 Å². The molecule has 2 unspecified atom stereocenters. The predicted octanol–water partition coefficient (Wildman–Crippen LogP) is 1.36. The van der Waals surface area contributed by atoms with Gasteiger partial charge in [0.25, 0.3) is 0 Å². The SMILES string of the molecule is CCCC(=O)NC[C@H]1CN(c2ccc(N3CC4NC(=O)OC4C3)c(F)c2)C(=O)O1. The number of benzene rings is 1. The summed E-state index contributed by atoms with van der Waals surface area (Å²) in [6, 6.07) is 4.41. The summed E-state index contributed by atoms with van der Waals surface area (Å²) in [7, 11) is 0. The summed E-state index contributed by atoms with van der Waals surface area (Å²) < 4.78 is 25.2. The Hall–Kier alpha value is -3.04. The largest absolute Gasteiger partial charge is 0.442 e. The number of hydrogen-bond acceptors (Lipinski definition) is 6. The van der Waals surface area contributed by atoms with Crippen molar-refractivity contribution in [1.82, 2.24) is 10.6 Å². The van der Waals surface area contributed by atoms with Crippen LogP contribution in [0.15, 0.2) is 18.2 Å². The van der Waals surface area contributed by atoms with Crippen LogP contribution in [0.3, 0.4) is 0 Å². The maximum Gasteiger partial charge on any atom is 0.414 e. The molecule has 0 radical (unpaired) electrons. The number of fused-ring (bicyclic) bond motifs is 1. The molecule has 1 aromatic carbocycles. The monoisotopic (exact) mass is 406 g/mol. The zero-order valence-electron chi connectivity index (χ0n) is 16.0. The first-order valence-electron chi connectivity index (χ1n) is 9.71. The number of nitrogens with one attached hydrogen (secondary N) is 2. The fourth-order valence-electron chi connectivity index (χ4n) is 3.85. The van der Waals surface area contributed by atoms with E-state index in [1.807, 2.05) is 11.8 Å². The molecule has 29 heavy (non-hydrogen) atoms. The molecule has 0 saturated carbocycles. The Balaban J connectivity index is 1.38. The van der Waals surface area contributed by atoms with Gasteiger partial charge in [-0.25, -0.2) is 14.0 Å². The topological polar surface area (TPSA) is 100 Å². The van der Waals surface area contributed by atoms with Gasteiger partial charge in [-0.1, -0.05) is 6.92 Å². The summed E-state index contributed by atoms with van der Waals surface area (Å²) in [5, 5.41) is 5.44. The van der Waals surface area contributed by atoms with Crippen LogP contribution in [-0.4, -0.2) is 62.5 Å². The highest BCUT2D eigenvalue weighted by Crippen LogP contribution is 2.31. The highest BCUT2D eigenvalue weighted by molar-refractivity contribution is 5.90. The Morgan fingerprint density at radius 3 is 2.83 bits per heavy atom. The quantitative estimate of drug-likeness (QED) is 0.740. The van der Waals surface area contributed by atoms with E-state index in [9.17, 15) is 18.8 Å². The van der Waals surface area contributed by atoms with Crippen molar-refractivity contribution in [3.63, 3.8) is 0 Å². The normalized spacial score (nSPS) is 25.5. The number of amides is 3. The summed E-state index contributed by atoms with van der Waals surface area (Å²) in [6.07, 6.45) is -0.625. The van der Waals surface area contributed by atoms with Gasteiger partial charge in [0.05, 0.1) is 37.1 Å². The lowest BCUT2D eigenvalue weighted by Crippen LogP contribution is -2.34. The van der Waals surface area contributed by atoms with Crippen LogP contribution in [0.5, 0.6) is 0 Å². The average molecular weight is 406 g/mol. The molecule has 0 aromatic heterocycles. The summed E-state index contributed by atoms with van der Waals surface area (Å²) in [5.74, 6) is -0.561. The van der Waals surface area contributed by atoms with Crippen molar-refractivity contribution < 1.29 is 28.2 Å². The minimum Gasteiger partial charge on any atom is -0.442 e. The minimum absolute atomic E-state index is 0.0899. The summed E-state index contributed by atoms with van der Waals surface area (Å²) in [6.45, 7) is 3.23. The van der Waals surface area contributed by atoms with Gasteiger partial charge in [0, 0.05) is 13.0 Å². The highest BCUT2D eigenvalue weighted by Gasteiger charge is 2.42. The van der Waals surface area contributed by atoms with E-state index in [1.54, 1.807) is 12.1 Å². The molecule has 1 aromatic rings. The van der Waals surface area contributed by atoms with Gasteiger partial charge in [-0.3, -0.25) is 9.69 Å². The molecule has 3 amide bonds. The Kier molecular flexibility index (Phi) is 5.16. The number of alkyl carbamates (subject to hydrolysis) is 1. The Morgan fingerprint density at radius 2 is 2.10 bits per heavy atom. The molecule has 3 fully saturated rings. The first-order valence-corrected chi connectivity index (χ1v) is 9.71. The first-order chi connectivity index (χ1) is 13.9. The first kappa shape index (κ1) is 19.3. The van der Waals surface area contributed by atoms with E-state index in [2.05, 4.69) is 10.6 Å². The Morgan fingerprint density at radius 1 is 1.28 bits per heavy atom. The number of carbonyl (C=O) groups excluding carboxylic acids is 3. The fraction of sp³-hybridized carbons (Fsp3) is 0.526. The number of halogens is 1. The number of ether oxygens (including phenoxy) is 2. The van der Waals surface area contributed by atoms with Gasteiger partial charge in [0.15, 0.2) is 0 Å². The molecule has 4 rings (SSSR count). The van der Waals surface area contributed by atoms with Crippen molar-refractivity contribution in [3.05, 3.63) is 24.0 Å². The van der Waals surface area contributed by atoms with E-state index < -0.39 is 24.1 Å². The second kappa shape index (κ2) is 7.76. The highest BCUT2D eigenvalue weighted by atomic mass is 19.1. The summed E-state index contributed by atoms with van der Waals surface area (Å²) in [4.78, 5) is 38.1. The molecule has 0 aliphatic carbocycles. The molecule has 9 nitrogen and oxygen atoms in total. The average Bonchev–Trinajstić information content (AvgIpc) is 3.32. The fourth-order valence-corrected chi connectivity index (χ4v) is 3.85. The van der Waals surface area contributed by atoms with Gasteiger partial charge < -0.3 is 25.0 Å². The third-order valence-corrected chi connectivity index (χ3v) is 5.29. The molecule has 3 aliphatic rings. The van der Waals surface area contributed by atoms with E-state index in [-0.39, 0.29) is 31.1 Å². The second-order valence-corrected chi connectivity index (χ2v) is 7.41. The maximum absolute atomic E-state index is 14.8. The zero-order valence-corrected chi connectivity index (χ0v) is 16.0. The molecular weight excluding hydrogens is 383 g/mol. The van der Waals surface area contributed by atoms with Crippen LogP contribution in [0.25, 0.3) is 0 Å². The lowest BCUT2D eigenvalue weighted by molar-refractivity contribution is -0.121. The molecule has 0 spiro atoms. The van der Waals surface area contributed by atoms with Crippen molar-refractivity contribution in [1.29, 1.82) is 0 Å². The number of rotatable bonds is 6. The number of hydrogen-bond donors (Lipinski definition) is 2. The van der Waals surface area contributed by atoms with Crippen LogP contribution in [0, 0.1) is 5.82 Å². The van der Waals surface area contributed by atoms with Crippen LogP contribution in [0.2, 0.25) is 0 Å². The van der Waals surface area contributed by atoms with Gasteiger partial charge in [-0.05, 0) is 24.6 Å². The van der Waals surface area contributed by atoms with Crippen molar-refractivity contribution in [2.24, 2.45) is 0 Å². The molecule has 156 valence electrons. The van der Waals surface area contributed by atoms with E-state index >= 15 is 0 Å². The molecule has 3 aliphatic heterocycles. The smallest absolute Gasteiger partial charge is 0.414 e. The molecule has 3 atom stereocenters. The molecule has 3 heterocycles. The van der Waals surface area contributed by atoms with Crippen LogP contribution in [0.1, 0.15) is 19.8 Å². The molecule has 10 heteroatoms. The Bertz CT molecular complexity index is 819. The maximum atomic E-state index is 14.8. The third-order valence-electron chi connectivity index (χ3n) is 5.29. The van der Waals surface area contributed by atoms with E-state index in [1.165, 1.54) is 11.0 Å². The van der Waals surface area contributed by atoms with Crippen molar-refractivity contribution >= 4 is 29.5 Å². The second-order valence-electron chi connectivity index (χ2n) is 7.41. The standard InChI is InChI=1S/C19H23FN4O5/c1-2-3-17(25)21-7-12-8-24(19(27)28-12)11-4-5-15(13(20)6-11)23-9-14-16(10-23)29-18(26)22-14/h4-6,12,14,16H,2-3,7-10H2,1H3,(H,21,25)(H,22,26)/t12-,14?,16?/m0/s1. The lowest BCUT2D eigenvalue weighted by Gasteiger charge is -2.21. The van der Waals surface area contributed by atoms with Crippen LogP contribution < -0.4 is 20.4 Å². The Labute approximate surface area is 167 Å². The van der Waals surface area contributed by atoms with Gasteiger partial charge in [0.1, 0.15) is 18.0 Å². The lowest BCUT2D eigenvalue weighted by atomic mass is 10.2. The van der Waals surface area contributed by atoms with Crippen LogP contribution in [0.4, 0.5) is 25.4 Å². The number of nitrogens with zero attached hydrogens (tertiary/aromatic N) is 2.